The third kappa shape index (κ3) is 3.35. The van der Waals surface area contributed by atoms with Crippen LogP contribution in [0.5, 0.6) is 0 Å². The summed E-state index contributed by atoms with van der Waals surface area (Å²) in [5.74, 6) is -0.822. The van der Waals surface area contributed by atoms with Gasteiger partial charge in [-0.2, -0.15) is 0 Å². The van der Waals surface area contributed by atoms with Crippen LogP contribution in [0.25, 0.3) is 0 Å². The molecule has 1 unspecified atom stereocenters. The Labute approximate surface area is 86.5 Å². The lowest BCUT2D eigenvalue weighted by Gasteiger charge is -2.09. The number of nitrogens with zero attached hydrogens (tertiary/aromatic N) is 1. The Balaban J connectivity index is 2.60. The van der Waals surface area contributed by atoms with E-state index in [0.717, 1.165) is 4.90 Å². The van der Waals surface area contributed by atoms with E-state index < -0.39 is 11.2 Å². The predicted molar refractivity (Wildman–Crippen MR) is 55.2 cm³/mol. The first kappa shape index (κ1) is 11.0. The van der Waals surface area contributed by atoms with Gasteiger partial charge in [0.25, 0.3) is 0 Å². The van der Waals surface area contributed by atoms with Gasteiger partial charge in [-0.3, -0.25) is 9.78 Å². The molecule has 0 aliphatic rings. The topological polar surface area (TPSA) is 76.2 Å². The summed E-state index contributed by atoms with van der Waals surface area (Å²) in [6.07, 6.45) is 3.76. The molecule has 3 N–H and O–H groups in total. The molecule has 0 amide bonds. The Morgan fingerprint density at radius 3 is 2.71 bits per heavy atom. The largest absolute Gasteiger partial charge is 0.480 e. The van der Waals surface area contributed by atoms with E-state index in [1.807, 2.05) is 0 Å². The summed E-state index contributed by atoms with van der Waals surface area (Å²) in [5, 5.41) is 8.40. The lowest BCUT2D eigenvalue weighted by molar-refractivity contribution is -0.136. The third-order valence-corrected chi connectivity index (χ3v) is 2.90. The quantitative estimate of drug-likeness (QED) is 0.711. The first-order valence-electron chi connectivity index (χ1n) is 4.23. The zero-order chi connectivity index (χ0) is 10.4. The van der Waals surface area contributed by atoms with Crippen LogP contribution in [0, 0.1) is 0 Å². The highest BCUT2D eigenvalue weighted by atomic mass is 32.2. The molecule has 0 bridgehead atoms. The van der Waals surface area contributed by atoms with E-state index >= 15 is 0 Å². The number of aliphatic carboxylic acids is 1. The number of thioether (sulfide) groups is 1. The van der Waals surface area contributed by atoms with Crippen LogP contribution < -0.4 is 5.73 Å². The number of carboxylic acid groups (broad SMARTS) is 1. The lowest BCUT2D eigenvalue weighted by atomic mass is 10.3. The number of carbonyl (C=O) groups is 1. The van der Waals surface area contributed by atoms with Crippen molar-refractivity contribution in [3.05, 3.63) is 24.5 Å². The SMILES string of the molecule is NCCC(Sc1ccncc1)C(=O)O. The molecule has 5 heteroatoms. The van der Waals surface area contributed by atoms with Gasteiger partial charge >= 0.3 is 5.97 Å². The van der Waals surface area contributed by atoms with Gasteiger partial charge in [0.15, 0.2) is 0 Å². The Bertz CT molecular complexity index is 292. The van der Waals surface area contributed by atoms with Crippen molar-refractivity contribution < 1.29 is 9.90 Å². The Morgan fingerprint density at radius 1 is 1.57 bits per heavy atom. The van der Waals surface area contributed by atoms with Gasteiger partial charge in [0.2, 0.25) is 0 Å². The zero-order valence-corrected chi connectivity index (χ0v) is 8.41. The van der Waals surface area contributed by atoms with Crippen LogP contribution >= 0.6 is 11.8 Å². The maximum Gasteiger partial charge on any atom is 0.317 e. The third-order valence-electron chi connectivity index (χ3n) is 1.63. The minimum Gasteiger partial charge on any atom is -0.480 e. The molecule has 1 aromatic rings. The molecule has 14 heavy (non-hydrogen) atoms. The van der Waals surface area contributed by atoms with E-state index in [9.17, 15) is 4.79 Å². The highest BCUT2D eigenvalue weighted by Crippen LogP contribution is 2.24. The van der Waals surface area contributed by atoms with Gasteiger partial charge in [0.05, 0.1) is 0 Å². The maximum absolute atomic E-state index is 10.8. The van der Waals surface area contributed by atoms with Crippen LogP contribution in [0.2, 0.25) is 0 Å². The van der Waals surface area contributed by atoms with E-state index in [4.69, 9.17) is 10.8 Å². The number of hydrogen-bond acceptors (Lipinski definition) is 4. The zero-order valence-electron chi connectivity index (χ0n) is 7.59. The van der Waals surface area contributed by atoms with Gasteiger partial charge in [0, 0.05) is 17.3 Å². The number of aromatic nitrogens is 1. The summed E-state index contributed by atoms with van der Waals surface area (Å²) in [7, 11) is 0. The molecular formula is C9H12N2O2S. The van der Waals surface area contributed by atoms with Crippen molar-refractivity contribution in [1.29, 1.82) is 0 Å². The van der Waals surface area contributed by atoms with Crippen LogP contribution in [0.15, 0.2) is 29.4 Å². The van der Waals surface area contributed by atoms with E-state index in [1.165, 1.54) is 11.8 Å². The van der Waals surface area contributed by atoms with E-state index in [1.54, 1.807) is 24.5 Å². The molecule has 1 rings (SSSR count). The molecule has 4 nitrogen and oxygen atoms in total. The standard InChI is InChI=1S/C9H12N2O2S/c10-4-1-8(9(12)13)14-7-2-5-11-6-3-7/h2-3,5-6,8H,1,4,10H2,(H,12,13). The summed E-state index contributed by atoms with van der Waals surface area (Å²) < 4.78 is 0. The molecule has 0 saturated heterocycles. The van der Waals surface area contributed by atoms with Crippen molar-refractivity contribution in [3.63, 3.8) is 0 Å². The van der Waals surface area contributed by atoms with Crippen molar-refractivity contribution >= 4 is 17.7 Å². The van der Waals surface area contributed by atoms with Crippen LogP contribution in [-0.2, 0) is 4.79 Å². The average Bonchev–Trinajstić information content (AvgIpc) is 2.18. The van der Waals surface area contributed by atoms with Gasteiger partial charge in [-0.25, -0.2) is 0 Å². The number of rotatable bonds is 5. The van der Waals surface area contributed by atoms with E-state index in [-0.39, 0.29) is 0 Å². The fourth-order valence-electron chi connectivity index (χ4n) is 0.965. The average molecular weight is 212 g/mol. The van der Waals surface area contributed by atoms with Crippen LogP contribution in [0.4, 0.5) is 0 Å². The number of carboxylic acids is 1. The minimum atomic E-state index is -0.822. The van der Waals surface area contributed by atoms with Crippen molar-refractivity contribution in [1.82, 2.24) is 4.98 Å². The normalized spacial score (nSPS) is 12.4. The summed E-state index contributed by atoms with van der Waals surface area (Å²) >= 11 is 1.30. The summed E-state index contributed by atoms with van der Waals surface area (Å²) in [6.45, 7) is 0.384. The highest BCUT2D eigenvalue weighted by molar-refractivity contribution is 8.00. The van der Waals surface area contributed by atoms with Gasteiger partial charge in [-0.1, -0.05) is 0 Å². The molecule has 0 aliphatic carbocycles. The van der Waals surface area contributed by atoms with Gasteiger partial charge in [0.1, 0.15) is 5.25 Å². The first-order chi connectivity index (χ1) is 6.74. The van der Waals surface area contributed by atoms with Crippen LogP contribution in [0.3, 0.4) is 0 Å². The first-order valence-corrected chi connectivity index (χ1v) is 5.11. The molecule has 1 aromatic heterocycles. The smallest absolute Gasteiger partial charge is 0.317 e. The van der Waals surface area contributed by atoms with Gasteiger partial charge in [-0.15, -0.1) is 11.8 Å². The summed E-state index contributed by atoms with van der Waals surface area (Å²) in [4.78, 5) is 15.6. The minimum absolute atomic E-state index is 0.384. The van der Waals surface area contributed by atoms with E-state index in [0.29, 0.717) is 13.0 Å². The van der Waals surface area contributed by atoms with Gasteiger partial charge < -0.3 is 10.8 Å². The molecule has 0 aliphatic heterocycles. The fraction of sp³-hybridized carbons (Fsp3) is 0.333. The molecule has 0 radical (unpaired) electrons. The molecule has 76 valence electrons. The summed E-state index contributed by atoms with van der Waals surface area (Å²) in [6, 6.07) is 3.58. The van der Waals surface area contributed by atoms with Crippen LogP contribution in [0.1, 0.15) is 6.42 Å². The second kappa shape index (κ2) is 5.62. The number of nitrogens with two attached hydrogens (primary N) is 1. The second-order valence-electron chi connectivity index (χ2n) is 2.70. The molecule has 1 heterocycles. The van der Waals surface area contributed by atoms with Crippen molar-refractivity contribution in [3.8, 4) is 0 Å². The molecular weight excluding hydrogens is 200 g/mol. The van der Waals surface area contributed by atoms with Gasteiger partial charge in [-0.05, 0) is 25.1 Å². The molecule has 0 spiro atoms. The fourth-order valence-corrected chi connectivity index (χ4v) is 1.93. The summed E-state index contributed by atoms with van der Waals surface area (Å²) in [5.41, 5.74) is 5.33. The van der Waals surface area contributed by atoms with Crippen molar-refractivity contribution in [2.45, 2.75) is 16.6 Å². The maximum atomic E-state index is 10.8. The monoisotopic (exact) mass is 212 g/mol. The predicted octanol–water partition coefficient (Wildman–Crippen LogP) is 0.976. The lowest BCUT2D eigenvalue weighted by Crippen LogP contribution is -2.20. The van der Waals surface area contributed by atoms with Crippen molar-refractivity contribution in [2.75, 3.05) is 6.54 Å². The van der Waals surface area contributed by atoms with Crippen LogP contribution in [-0.4, -0.2) is 27.9 Å². The Morgan fingerprint density at radius 2 is 2.21 bits per heavy atom. The number of pyridine rings is 1. The Hall–Kier alpha value is -1.07. The van der Waals surface area contributed by atoms with E-state index in [2.05, 4.69) is 4.98 Å². The highest BCUT2D eigenvalue weighted by Gasteiger charge is 2.17. The molecule has 0 fully saturated rings. The number of hydrogen-bond donors (Lipinski definition) is 2. The molecule has 0 saturated carbocycles. The van der Waals surface area contributed by atoms with Crippen molar-refractivity contribution in [2.24, 2.45) is 5.73 Å². The molecule has 0 aromatic carbocycles. The molecule has 1 atom stereocenters. The Kier molecular flexibility index (Phi) is 4.42. The second-order valence-corrected chi connectivity index (χ2v) is 3.98.